The van der Waals surface area contributed by atoms with E-state index in [2.05, 4.69) is 15.7 Å². The van der Waals surface area contributed by atoms with Crippen LogP contribution in [0.2, 0.25) is 0 Å². The summed E-state index contributed by atoms with van der Waals surface area (Å²) in [4.78, 5) is 4.23. The van der Waals surface area contributed by atoms with E-state index < -0.39 is 0 Å². The summed E-state index contributed by atoms with van der Waals surface area (Å²) in [6.07, 6.45) is 6.59. The fourth-order valence-corrected chi connectivity index (χ4v) is 2.89. The lowest BCUT2D eigenvalue weighted by molar-refractivity contribution is 0.499. The molecular formula is C9H13ClN2S. The lowest BCUT2D eigenvalue weighted by Crippen LogP contribution is -2.14. The number of halogens is 1. The smallest absolute Gasteiger partial charge is 0.0952 e. The molecule has 2 rings (SSSR count). The summed E-state index contributed by atoms with van der Waals surface area (Å²) in [7, 11) is 0. The van der Waals surface area contributed by atoms with Crippen molar-refractivity contribution in [2.75, 3.05) is 11.5 Å². The van der Waals surface area contributed by atoms with Crippen molar-refractivity contribution in [3.05, 3.63) is 18.2 Å². The Labute approximate surface area is 87.7 Å². The Morgan fingerprint density at radius 1 is 1.69 bits per heavy atom. The van der Waals surface area contributed by atoms with Gasteiger partial charge in [-0.2, -0.15) is 11.8 Å². The SMILES string of the molecule is ClCc1cn(C2CCCSC2)cn1. The molecule has 0 aliphatic carbocycles. The quantitative estimate of drug-likeness (QED) is 0.708. The molecule has 1 aromatic heterocycles. The summed E-state index contributed by atoms with van der Waals surface area (Å²) >= 11 is 7.73. The molecule has 1 atom stereocenters. The summed E-state index contributed by atoms with van der Waals surface area (Å²) in [6.45, 7) is 0. The number of aromatic nitrogens is 2. The van der Waals surface area contributed by atoms with Gasteiger partial charge in [0.25, 0.3) is 0 Å². The van der Waals surface area contributed by atoms with E-state index in [1.807, 2.05) is 18.1 Å². The van der Waals surface area contributed by atoms with Crippen molar-refractivity contribution in [3.63, 3.8) is 0 Å². The number of nitrogens with zero attached hydrogens (tertiary/aromatic N) is 2. The highest BCUT2D eigenvalue weighted by atomic mass is 35.5. The predicted molar refractivity (Wildman–Crippen MR) is 57.4 cm³/mol. The number of thioether (sulfide) groups is 1. The maximum Gasteiger partial charge on any atom is 0.0952 e. The summed E-state index contributed by atoms with van der Waals surface area (Å²) in [5.74, 6) is 3.05. The molecule has 4 heteroatoms. The molecule has 72 valence electrons. The molecule has 1 saturated heterocycles. The van der Waals surface area contributed by atoms with Gasteiger partial charge in [-0.15, -0.1) is 11.6 Å². The van der Waals surface area contributed by atoms with Crippen molar-refractivity contribution in [2.45, 2.75) is 24.8 Å². The van der Waals surface area contributed by atoms with Crippen LogP contribution in [0.5, 0.6) is 0 Å². The molecule has 2 nitrogen and oxygen atoms in total. The first-order valence-corrected chi connectivity index (χ1v) is 6.25. The van der Waals surface area contributed by atoms with E-state index in [4.69, 9.17) is 11.6 Å². The molecule has 0 bridgehead atoms. The van der Waals surface area contributed by atoms with Gasteiger partial charge in [0.05, 0.1) is 17.9 Å². The molecule has 0 N–H and O–H groups in total. The minimum atomic E-state index is 0.521. The van der Waals surface area contributed by atoms with E-state index in [-0.39, 0.29) is 0 Å². The minimum Gasteiger partial charge on any atom is -0.333 e. The van der Waals surface area contributed by atoms with Crippen molar-refractivity contribution in [1.29, 1.82) is 0 Å². The Morgan fingerprint density at radius 2 is 2.62 bits per heavy atom. The molecule has 1 aliphatic rings. The summed E-state index contributed by atoms with van der Waals surface area (Å²) in [5, 5.41) is 0. The third kappa shape index (κ3) is 2.20. The van der Waals surface area contributed by atoms with Crippen LogP contribution in [0, 0.1) is 0 Å². The van der Waals surface area contributed by atoms with Crippen molar-refractivity contribution in [1.82, 2.24) is 9.55 Å². The molecular weight excluding hydrogens is 204 g/mol. The second-order valence-electron chi connectivity index (χ2n) is 3.32. The molecule has 2 heterocycles. The van der Waals surface area contributed by atoms with Crippen molar-refractivity contribution in [2.24, 2.45) is 0 Å². The topological polar surface area (TPSA) is 17.8 Å². The summed E-state index contributed by atoms with van der Waals surface area (Å²) in [5.41, 5.74) is 0.984. The molecule has 0 aromatic carbocycles. The zero-order chi connectivity index (χ0) is 9.10. The van der Waals surface area contributed by atoms with Gasteiger partial charge in [-0.05, 0) is 18.6 Å². The number of alkyl halides is 1. The van der Waals surface area contributed by atoms with Crippen LogP contribution in [0.3, 0.4) is 0 Å². The number of hydrogen-bond acceptors (Lipinski definition) is 2. The molecule has 0 saturated carbocycles. The molecule has 0 amide bonds. The van der Waals surface area contributed by atoms with Gasteiger partial charge >= 0.3 is 0 Å². The van der Waals surface area contributed by atoms with Gasteiger partial charge < -0.3 is 4.57 Å². The fourth-order valence-electron chi connectivity index (χ4n) is 1.61. The molecule has 1 aromatic rings. The largest absolute Gasteiger partial charge is 0.333 e. The summed E-state index contributed by atoms with van der Waals surface area (Å²) < 4.78 is 2.21. The van der Waals surface area contributed by atoms with Gasteiger partial charge in [0.15, 0.2) is 0 Å². The zero-order valence-electron chi connectivity index (χ0n) is 7.45. The third-order valence-corrected chi connectivity index (χ3v) is 3.82. The highest BCUT2D eigenvalue weighted by Crippen LogP contribution is 2.26. The molecule has 1 aliphatic heterocycles. The Morgan fingerprint density at radius 3 is 3.23 bits per heavy atom. The van der Waals surface area contributed by atoms with Crippen LogP contribution in [0.1, 0.15) is 24.6 Å². The van der Waals surface area contributed by atoms with Gasteiger partial charge in [-0.3, -0.25) is 0 Å². The first-order chi connectivity index (χ1) is 6.40. The number of hydrogen-bond donors (Lipinski definition) is 0. The molecule has 1 fully saturated rings. The first-order valence-electron chi connectivity index (χ1n) is 4.56. The van der Waals surface area contributed by atoms with Crippen LogP contribution in [0.4, 0.5) is 0 Å². The first kappa shape index (κ1) is 9.41. The van der Waals surface area contributed by atoms with E-state index in [0.29, 0.717) is 11.9 Å². The van der Waals surface area contributed by atoms with Crippen LogP contribution in [-0.4, -0.2) is 21.1 Å². The third-order valence-electron chi connectivity index (χ3n) is 2.35. The molecule has 13 heavy (non-hydrogen) atoms. The van der Waals surface area contributed by atoms with E-state index in [9.17, 15) is 0 Å². The molecule has 0 spiro atoms. The lowest BCUT2D eigenvalue weighted by atomic mass is 10.2. The van der Waals surface area contributed by atoms with Gasteiger partial charge in [-0.1, -0.05) is 0 Å². The standard InChI is InChI=1S/C9H13ClN2S/c10-4-8-5-12(7-11-8)9-2-1-3-13-6-9/h5,7,9H,1-4,6H2. The Bertz CT molecular complexity index is 268. The Kier molecular flexibility index (Phi) is 3.17. The van der Waals surface area contributed by atoms with Gasteiger partial charge in [-0.25, -0.2) is 4.98 Å². The Balaban J connectivity index is 2.05. The average Bonchev–Trinajstić information content (AvgIpc) is 2.67. The van der Waals surface area contributed by atoms with Crippen LogP contribution in [0.15, 0.2) is 12.5 Å². The van der Waals surface area contributed by atoms with Gasteiger partial charge in [0, 0.05) is 18.0 Å². The number of imidazole rings is 1. The molecule has 0 radical (unpaired) electrons. The Hall–Kier alpha value is -0.150. The second-order valence-corrected chi connectivity index (χ2v) is 4.73. The minimum absolute atomic E-state index is 0.521. The monoisotopic (exact) mass is 216 g/mol. The van der Waals surface area contributed by atoms with Crippen molar-refractivity contribution < 1.29 is 0 Å². The van der Waals surface area contributed by atoms with E-state index in [1.54, 1.807) is 0 Å². The van der Waals surface area contributed by atoms with E-state index >= 15 is 0 Å². The van der Waals surface area contributed by atoms with Crippen LogP contribution >= 0.6 is 23.4 Å². The normalized spacial score (nSPS) is 23.3. The predicted octanol–water partition coefficient (Wildman–Crippen LogP) is 2.69. The van der Waals surface area contributed by atoms with E-state index in [1.165, 1.54) is 24.3 Å². The van der Waals surface area contributed by atoms with Crippen LogP contribution < -0.4 is 0 Å². The summed E-state index contributed by atoms with van der Waals surface area (Å²) in [6, 6.07) is 0.642. The highest BCUT2D eigenvalue weighted by Gasteiger charge is 2.15. The zero-order valence-corrected chi connectivity index (χ0v) is 9.02. The maximum atomic E-state index is 5.70. The van der Waals surface area contributed by atoms with E-state index in [0.717, 1.165) is 5.69 Å². The lowest BCUT2D eigenvalue weighted by Gasteiger charge is -2.22. The van der Waals surface area contributed by atoms with Gasteiger partial charge in [0.1, 0.15) is 0 Å². The van der Waals surface area contributed by atoms with Crippen molar-refractivity contribution >= 4 is 23.4 Å². The molecule has 1 unspecified atom stereocenters. The van der Waals surface area contributed by atoms with Crippen LogP contribution in [0.25, 0.3) is 0 Å². The van der Waals surface area contributed by atoms with Gasteiger partial charge in [0.2, 0.25) is 0 Å². The fraction of sp³-hybridized carbons (Fsp3) is 0.667. The van der Waals surface area contributed by atoms with Crippen LogP contribution in [-0.2, 0) is 5.88 Å². The average molecular weight is 217 g/mol. The maximum absolute atomic E-state index is 5.70. The number of rotatable bonds is 2. The van der Waals surface area contributed by atoms with Crippen molar-refractivity contribution in [3.8, 4) is 0 Å². The highest BCUT2D eigenvalue weighted by molar-refractivity contribution is 7.99. The second kappa shape index (κ2) is 4.38.